The maximum Gasteiger partial charge on any atom is 0.407 e. The van der Waals surface area contributed by atoms with E-state index in [-0.39, 0.29) is 6.09 Å². The second-order valence-corrected chi connectivity index (χ2v) is 2.98. The molecule has 14 heavy (non-hydrogen) atoms. The summed E-state index contributed by atoms with van der Waals surface area (Å²) in [6, 6.07) is 9.74. The van der Waals surface area contributed by atoms with E-state index in [1.807, 2.05) is 37.3 Å². The van der Waals surface area contributed by atoms with Crippen LogP contribution in [0.4, 0.5) is 4.79 Å². The zero-order valence-corrected chi connectivity index (χ0v) is 8.32. The third-order valence-corrected chi connectivity index (χ3v) is 1.72. The van der Waals surface area contributed by atoms with Gasteiger partial charge in [0.15, 0.2) is 0 Å². The van der Waals surface area contributed by atoms with E-state index < -0.39 is 0 Å². The number of nitrogens with one attached hydrogen (secondary N) is 1. The lowest BCUT2D eigenvalue weighted by Gasteiger charge is -2.05. The van der Waals surface area contributed by atoms with Crippen LogP contribution in [0.25, 0.3) is 0 Å². The van der Waals surface area contributed by atoms with E-state index in [0.29, 0.717) is 13.2 Å². The third kappa shape index (κ3) is 3.94. The van der Waals surface area contributed by atoms with Gasteiger partial charge in [0.25, 0.3) is 0 Å². The molecule has 0 unspecified atom stereocenters. The van der Waals surface area contributed by atoms with Crippen LogP contribution in [-0.2, 0) is 11.3 Å². The average molecular weight is 193 g/mol. The second-order valence-electron chi connectivity index (χ2n) is 2.98. The molecule has 0 saturated heterocycles. The van der Waals surface area contributed by atoms with Crippen LogP contribution in [0.5, 0.6) is 0 Å². The van der Waals surface area contributed by atoms with Crippen molar-refractivity contribution in [2.45, 2.75) is 19.9 Å². The molecule has 0 aliphatic carbocycles. The van der Waals surface area contributed by atoms with E-state index in [1.54, 1.807) is 0 Å². The number of carbonyl (C=O) groups is 1. The van der Waals surface area contributed by atoms with E-state index in [9.17, 15) is 4.79 Å². The van der Waals surface area contributed by atoms with Crippen molar-refractivity contribution in [3.8, 4) is 0 Å². The van der Waals surface area contributed by atoms with Crippen LogP contribution >= 0.6 is 0 Å². The summed E-state index contributed by atoms with van der Waals surface area (Å²) >= 11 is 0. The summed E-state index contributed by atoms with van der Waals surface area (Å²) in [4.78, 5) is 11.0. The van der Waals surface area contributed by atoms with Crippen molar-refractivity contribution >= 4 is 6.09 Å². The minimum absolute atomic E-state index is 0.351. The number of benzene rings is 1. The molecule has 1 aromatic carbocycles. The Labute approximate surface area is 84.1 Å². The number of hydrogen-bond donors (Lipinski definition) is 1. The zero-order valence-electron chi connectivity index (χ0n) is 8.32. The molecular weight excluding hydrogens is 178 g/mol. The Hall–Kier alpha value is -1.51. The monoisotopic (exact) mass is 193 g/mol. The van der Waals surface area contributed by atoms with Gasteiger partial charge in [-0.2, -0.15) is 0 Å². The lowest BCUT2D eigenvalue weighted by atomic mass is 10.2. The first-order chi connectivity index (χ1) is 6.83. The van der Waals surface area contributed by atoms with Crippen molar-refractivity contribution in [1.29, 1.82) is 0 Å². The van der Waals surface area contributed by atoms with Gasteiger partial charge in [0, 0.05) is 6.54 Å². The molecule has 0 fully saturated rings. The van der Waals surface area contributed by atoms with Gasteiger partial charge in [0.2, 0.25) is 0 Å². The summed E-state index contributed by atoms with van der Waals surface area (Å²) < 4.78 is 4.86. The molecule has 1 rings (SSSR count). The summed E-state index contributed by atoms with van der Waals surface area (Å²) in [6.45, 7) is 2.95. The van der Waals surface area contributed by atoms with E-state index >= 15 is 0 Å². The Bertz CT molecular complexity index is 272. The van der Waals surface area contributed by atoms with Crippen molar-refractivity contribution < 1.29 is 9.53 Å². The second kappa shape index (κ2) is 6.02. The number of carbonyl (C=O) groups excluding carboxylic acids is 1. The topological polar surface area (TPSA) is 38.3 Å². The highest BCUT2D eigenvalue weighted by Gasteiger charge is 1.99. The molecule has 0 radical (unpaired) electrons. The lowest BCUT2D eigenvalue weighted by molar-refractivity contribution is 0.146. The molecule has 0 aliphatic rings. The van der Waals surface area contributed by atoms with Crippen molar-refractivity contribution in [1.82, 2.24) is 5.32 Å². The van der Waals surface area contributed by atoms with Crippen LogP contribution in [0, 0.1) is 0 Å². The van der Waals surface area contributed by atoms with Crippen LogP contribution < -0.4 is 5.32 Å². The fraction of sp³-hybridized carbons (Fsp3) is 0.364. The zero-order chi connectivity index (χ0) is 10.2. The van der Waals surface area contributed by atoms with Gasteiger partial charge in [-0.15, -0.1) is 0 Å². The molecule has 0 heterocycles. The number of amides is 1. The highest BCUT2D eigenvalue weighted by Crippen LogP contribution is 1.97. The standard InChI is InChI=1S/C11H15NO2/c1-2-8-14-11(13)12-9-10-6-4-3-5-7-10/h3-7H,2,8-9H2,1H3,(H,12,13). The smallest absolute Gasteiger partial charge is 0.407 e. The molecule has 76 valence electrons. The molecule has 0 atom stereocenters. The molecular formula is C11H15NO2. The minimum Gasteiger partial charge on any atom is -0.450 e. The van der Waals surface area contributed by atoms with Gasteiger partial charge >= 0.3 is 6.09 Å². The van der Waals surface area contributed by atoms with Gasteiger partial charge < -0.3 is 10.1 Å². The van der Waals surface area contributed by atoms with Crippen LogP contribution in [0.1, 0.15) is 18.9 Å². The highest BCUT2D eigenvalue weighted by atomic mass is 16.5. The van der Waals surface area contributed by atoms with Gasteiger partial charge in [-0.05, 0) is 12.0 Å². The lowest BCUT2D eigenvalue weighted by Crippen LogP contribution is -2.23. The van der Waals surface area contributed by atoms with Crippen molar-refractivity contribution in [2.24, 2.45) is 0 Å². The summed E-state index contributed by atoms with van der Waals surface area (Å²) in [6.07, 6.45) is 0.495. The summed E-state index contributed by atoms with van der Waals surface area (Å²) in [5.41, 5.74) is 1.07. The van der Waals surface area contributed by atoms with Gasteiger partial charge in [-0.25, -0.2) is 4.79 Å². The van der Waals surface area contributed by atoms with Gasteiger partial charge in [0.1, 0.15) is 0 Å². The van der Waals surface area contributed by atoms with Crippen LogP contribution in [-0.4, -0.2) is 12.7 Å². The van der Waals surface area contributed by atoms with Crippen molar-refractivity contribution in [2.75, 3.05) is 6.61 Å². The first kappa shape index (κ1) is 10.6. The first-order valence-electron chi connectivity index (χ1n) is 4.77. The quantitative estimate of drug-likeness (QED) is 0.797. The predicted molar refractivity (Wildman–Crippen MR) is 54.9 cm³/mol. The summed E-state index contributed by atoms with van der Waals surface area (Å²) in [5.74, 6) is 0. The fourth-order valence-corrected chi connectivity index (χ4v) is 1.02. The SMILES string of the molecule is CCCOC(=O)NCc1ccccc1. The van der Waals surface area contributed by atoms with Crippen LogP contribution in [0.3, 0.4) is 0 Å². The normalized spacial score (nSPS) is 9.50. The van der Waals surface area contributed by atoms with E-state index in [1.165, 1.54) is 0 Å². The Morgan fingerprint density at radius 1 is 1.36 bits per heavy atom. The molecule has 1 aromatic rings. The van der Waals surface area contributed by atoms with Crippen LogP contribution in [0.15, 0.2) is 30.3 Å². The fourth-order valence-electron chi connectivity index (χ4n) is 1.02. The number of rotatable bonds is 4. The average Bonchev–Trinajstić information content (AvgIpc) is 2.25. The Morgan fingerprint density at radius 2 is 2.07 bits per heavy atom. The Morgan fingerprint density at radius 3 is 2.71 bits per heavy atom. The van der Waals surface area contributed by atoms with E-state index in [0.717, 1.165) is 12.0 Å². The highest BCUT2D eigenvalue weighted by molar-refractivity contribution is 5.67. The molecule has 1 N–H and O–H groups in total. The Balaban J connectivity index is 2.24. The van der Waals surface area contributed by atoms with Crippen molar-refractivity contribution in [3.05, 3.63) is 35.9 Å². The summed E-state index contributed by atoms with van der Waals surface area (Å²) in [5, 5.41) is 2.67. The first-order valence-corrected chi connectivity index (χ1v) is 4.77. The molecule has 0 spiro atoms. The van der Waals surface area contributed by atoms with Crippen molar-refractivity contribution in [3.63, 3.8) is 0 Å². The Kier molecular flexibility index (Phi) is 4.55. The molecule has 0 aromatic heterocycles. The minimum atomic E-state index is -0.351. The van der Waals surface area contributed by atoms with Crippen LogP contribution in [0.2, 0.25) is 0 Å². The van der Waals surface area contributed by atoms with Gasteiger partial charge in [-0.3, -0.25) is 0 Å². The summed E-state index contributed by atoms with van der Waals surface area (Å²) in [7, 11) is 0. The van der Waals surface area contributed by atoms with E-state index in [4.69, 9.17) is 4.74 Å². The number of ether oxygens (including phenoxy) is 1. The molecule has 0 saturated carbocycles. The third-order valence-electron chi connectivity index (χ3n) is 1.72. The number of hydrogen-bond acceptors (Lipinski definition) is 2. The van der Waals surface area contributed by atoms with E-state index in [2.05, 4.69) is 5.32 Å². The van der Waals surface area contributed by atoms with Gasteiger partial charge in [-0.1, -0.05) is 37.3 Å². The largest absolute Gasteiger partial charge is 0.450 e. The maximum absolute atomic E-state index is 11.0. The molecule has 0 aliphatic heterocycles. The molecule has 3 nitrogen and oxygen atoms in total. The molecule has 0 bridgehead atoms. The van der Waals surface area contributed by atoms with Gasteiger partial charge in [0.05, 0.1) is 6.61 Å². The molecule has 1 amide bonds. The maximum atomic E-state index is 11.0. The molecule has 3 heteroatoms. The predicted octanol–water partition coefficient (Wildman–Crippen LogP) is 2.32. The number of alkyl carbamates (subject to hydrolysis) is 1.